The Morgan fingerprint density at radius 2 is 2.00 bits per heavy atom. The number of rotatable bonds is 7. The van der Waals surface area contributed by atoms with Crippen molar-refractivity contribution >= 4 is 0 Å². The molecule has 1 atom stereocenters. The van der Waals surface area contributed by atoms with Gasteiger partial charge in [-0.1, -0.05) is 18.2 Å². The monoisotopic (exact) mass is 378 g/mol. The Morgan fingerprint density at radius 1 is 1.14 bits per heavy atom. The summed E-state index contributed by atoms with van der Waals surface area (Å²) in [5, 5.41) is 13.0. The van der Waals surface area contributed by atoms with Gasteiger partial charge >= 0.3 is 0 Å². The zero-order valence-corrected chi connectivity index (χ0v) is 16.2. The highest BCUT2D eigenvalue weighted by molar-refractivity contribution is 5.51. The van der Waals surface area contributed by atoms with Crippen LogP contribution in [0.1, 0.15) is 25.3 Å². The highest BCUT2D eigenvalue weighted by Crippen LogP contribution is 2.24. The molecule has 0 saturated carbocycles. The van der Waals surface area contributed by atoms with E-state index < -0.39 is 0 Å². The normalized spacial score (nSPS) is 17.5. The van der Waals surface area contributed by atoms with Crippen LogP contribution in [0.25, 0.3) is 11.4 Å². The van der Waals surface area contributed by atoms with E-state index in [1.54, 1.807) is 17.2 Å². The summed E-state index contributed by atoms with van der Waals surface area (Å²) in [7, 11) is 0. The number of benzene rings is 1. The Labute approximate surface area is 165 Å². The van der Waals surface area contributed by atoms with Crippen LogP contribution in [0.5, 0.6) is 5.75 Å². The van der Waals surface area contributed by atoms with Crippen molar-refractivity contribution in [2.45, 2.75) is 32.9 Å². The van der Waals surface area contributed by atoms with Crippen LogP contribution >= 0.6 is 0 Å². The van der Waals surface area contributed by atoms with Gasteiger partial charge in [0.1, 0.15) is 5.75 Å². The number of hydrogen-bond donors (Lipinski definition) is 0. The van der Waals surface area contributed by atoms with Crippen LogP contribution in [0.4, 0.5) is 0 Å². The molecule has 7 heteroatoms. The van der Waals surface area contributed by atoms with Crippen molar-refractivity contribution in [1.82, 2.24) is 30.1 Å². The molecule has 146 valence electrons. The summed E-state index contributed by atoms with van der Waals surface area (Å²) in [6.45, 7) is 6.58. The lowest BCUT2D eigenvalue weighted by atomic mass is 9.97. The zero-order chi connectivity index (χ0) is 19.2. The van der Waals surface area contributed by atoms with Crippen LogP contribution in [0.15, 0.2) is 48.8 Å². The standard InChI is InChI=1S/C21H26N6O/c1-2-28-20-8-4-3-7-19(20)16-26-13-5-6-17(14-26)15-27-24-21(23-25-27)18-9-11-22-12-10-18/h3-4,7-12,17H,2,5-6,13-16H2,1H3/t17-/m0/s1. The highest BCUT2D eigenvalue weighted by Gasteiger charge is 2.22. The van der Waals surface area contributed by atoms with E-state index in [9.17, 15) is 0 Å². The van der Waals surface area contributed by atoms with E-state index in [0.717, 1.165) is 37.5 Å². The number of para-hydroxylation sites is 1. The summed E-state index contributed by atoms with van der Waals surface area (Å²) in [6.07, 6.45) is 5.87. The van der Waals surface area contributed by atoms with Gasteiger partial charge in [0.25, 0.3) is 0 Å². The summed E-state index contributed by atoms with van der Waals surface area (Å²) in [6, 6.07) is 12.1. The van der Waals surface area contributed by atoms with Gasteiger partial charge in [0.05, 0.1) is 13.2 Å². The maximum atomic E-state index is 5.78. The molecule has 0 amide bonds. The van der Waals surface area contributed by atoms with E-state index in [2.05, 4.69) is 43.5 Å². The molecule has 3 aromatic rings. The molecule has 0 aliphatic carbocycles. The molecule has 7 nitrogen and oxygen atoms in total. The van der Waals surface area contributed by atoms with Gasteiger partial charge in [-0.05, 0) is 55.6 Å². The molecule has 0 unspecified atom stereocenters. The van der Waals surface area contributed by atoms with Crippen LogP contribution < -0.4 is 4.74 Å². The van der Waals surface area contributed by atoms with E-state index in [1.165, 1.54) is 18.4 Å². The second kappa shape index (κ2) is 8.93. The van der Waals surface area contributed by atoms with Gasteiger partial charge in [-0.3, -0.25) is 9.88 Å². The Balaban J connectivity index is 1.38. The van der Waals surface area contributed by atoms with Crippen LogP contribution in [0.2, 0.25) is 0 Å². The fourth-order valence-electron chi connectivity index (χ4n) is 3.78. The number of ether oxygens (including phenoxy) is 1. The number of aromatic nitrogens is 5. The SMILES string of the molecule is CCOc1ccccc1CN1CCC[C@H](Cn2nnc(-c3ccncc3)n2)C1. The van der Waals surface area contributed by atoms with E-state index in [-0.39, 0.29) is 0 Å². The molecule has 3 heterocycles. The van der Waals surface area contributed by atoms with Crippen molar-refractivity contribution in [1.29, 1.82) is 0 Å². The largest absolute Gasteiger partial charge is 0.494 e. The van der Waals surface area contributed by atoms with E-state index in [1.807, 2.05) is 25.1 Å². The molecular formula is C21H26N6O. The third kappa shape index (κ3) is 4.54. The van der Waals surface area contributed by atoms with Gasteiger partial charge in [0.15, 0.2) is 0 Å². The molecule has 1 aliphatic heterocycles. The lowest BCUT2D eigenvalue weighted by molar-refractivity contribution is 0.147. The van der Waals surface area contributed by atoms with Gasteiger partial charge in [0, 0.05) is 36.6 Å². The summed E-state index contributed by atoms with van der Waals surface area (Å²) < 4.78 is 5.78. The van der Waals surface area contributed by atoms with E-state index in [4.69, 9.17) is 4.74 Å². The number of tetrazole rings is 1. The number of pyridine rings is 1. The van der Waals surface area contributed by atoms with Gasteiger partial charge in [0.2, 0.25) is 5.82 Å². The average Bonchev–Trinajstić information content (AvgIpc) is 3.19. The molecule has 1 aromatic carbocycles. The van der Waals surface area contributed by atoms with Gasteiger partial charge in [-0.25, -0.2) is 0 Å². The zero-order valence-electron chi connectivity index (χ0n) is 16.2. The van der Waals surface area contributed by atoms with Crippen molar-refractivity contribution in [2.75, 3.05) is 19.7 Å². The highest BCUT2D eigenvalue weighted by atomic mass is 16.5. The summed E-state index contributed by atoms with van der Waals surface area (Å²) in [5.74, 6) is 2.17. The number of likely N-dealkylation sites (tertiary alicyclic amines) is 1. The van der Waals surface area contributed by atoms with Crippen molar-refractivity contribution < 1.29 is 4.74 Å². The molecule has 4 rings (SSSR count). The van der Waals surface area contributed by atoms with E-state index >= 15 is 0 Å². The minimum atomic E-state index is 0.521. The summed E-state index contributed by atoms with van der Waals surface area (Å²) in [5.41, 5.74) is 2.20. The van der Waals surface area contributed by atoms with Crippen LogP contribution in [0, 0.1) is 5.92 Å². The van der Waals surface area contributed by atoms with Crippen LogP contribution in [0.3, 0.4) is 0 Å². The lowest BCUT2D eigenvalue weighted by Gasteiger charge is -2.32. The fraction of sp³-hybridized carbons (Fsp3) is 0.429. The lowest BCUT2D eigenvalue weighted by Crippen LogP contribution is -2.37. The summed E-state index contributed by atoms with van der Waals surface area (Å²) >= 11 is 0. The maximum Gasteiger partial charge on any atom is 0.205 e. The molecule has 28 heavy (non-hydrogen) atoms. The molecule has 1 aliphatic rings. The Bertz CT molecular complexity index is 881. The predicted octanol–water partition coefficient (Wildman–Crippen LogP) is 3.05. The van der Waals surface area contributed by atoms with Gasteiger partial charge < -0.3 is 4.74 Å². The average molecular weight is 378 g/mol. The predicted molar refractivity (Wildman–Crippen MR) is 107 cm³/mol. The Morgan fingerprint density at radius 3 is 2.86 bits per heavy atom. The molecule has 2 aromatic heterocycles. The van der Waals surface area contributed by atoms with Crippen LogP contribution in [-0.4, -0.2) is 49.8 Å². The molecule has 0 bridgehead atoms. The topological polar surface area (TPSA) is 69.0 Å². The number of piperidine rings is 1. The Kier molecular flexibility index (Phi) is 5.92. The van der Waals surface area contributed by atoms with Crippen molar-refractivity contribution in [3.05, 3.63) is 54.4 Å². The minimum absolute atomic E-state index is 0.521. The second-order valence-electron chi connectivity index (χ2n) is 7.19. The molecule has 0 radical (unpaired) electrons. The summed E-state index contributed by atoms with van der Waals surface area (Å²) in [4.78, 5) is 8.28. The molecule has 0 N–H and O–H groups in total. The first-order valence-corrected chi connectivity index (χ1v) is 9.93. The first kappa shape index (κ1) is 18.6. The fourth-order valence-corrected chi connectivity index (χ4v) is 3.78. The van der Waals surface area contributed by atoms with Crippen molar-refractivity contribution in [3.8, 4) is 17.1 Å². The molecule has 1 fully saturated rings. The number of hydrogen-bond acceptors (Lipinski definition) is 6. The molecule has 1 saturated heterocycles. The van der Waals surface area contributed by atoms with Gasteiger partial charge in [-0.15, -0.1) is 10.2 Å². The first-order valence-electron chi connectivity index (χ1n) is 9.93. The van der Waals surface area contributed by atoms with Crippen molar-refractivity contribution in [3.63, 3.8) is 0 Å². The number of nitrogens with zero attached hydrogens (tertiary/aromatic N) is 6. The smallest absolute Gasteiger partial charge is 0.205 e. The third-order valence-electron chi connectivity index (χ3n) is 5.08. The van der Waals surface area contributed by atoms with Crippen molar-refractivity contribution in [2.24, 2.45) is 5.92 Å². The molecular weight excluding hydrogens is 352 g/mol. The first-order chi connectivity index (χ1) is 13.8. The Hall–Kier alpha value is -2.80. The molecule has 0 spiro atoms. The maximum absolute atomic E-state index is 5.78. The van der Waals surface area contributed by atoms with Gasteiger partial charge in [-0.2, -0.15) is 4.80 Å². The van der Waals surface area contributed by atoms with Crippen LogP contribution in [-0.2, 0) is 13.1 Å². The quantitative estimate of drug-likeness (QED) is 0.629. The van der Waals surface area contributed by atoms with E-state index in [0.29, 0.717) is 18.3 Å². The third-order valence-corrected chi connectivity index (χ3v) is 5.08. The minimum Gasteiger partial charge on any atom is -0.494 e. The second-order valence-corrected chi connectivity index (χ2v) is 7.19.